The quantitative estimate of drug-likeness (QED) is 0.234. The van der Waals surface area contributed by atoms with Crippen molar-refractivity contribution in [1.29, 1.82) is 0 Å². The standard InChI is InChI=1S/C38H40O2/c1-23-19-25(3)31(26(4)20-23)33(39)35-37(7,29-15-11-9-12-16-29)36(38(35,8)30-17-13-10-14-18-30)34(40)32-27(5)21-24(2)22-28(32)6/h9-22,35-36H,1-8H3. The van der Waals surface area contributed by atoms with Crippen molar-refractivity contribution < 1.29 is 9.59 Å². The zero-order valence-electron chi connectivity index (χ0n) is 25.1. The Morgan fingerprint density at radius 2 is 0.775 bits per heavy atom. The molecular formula is C38H40O2. The predicted octanol–water partition coefficient (Wildman–Crippen LogP) is 8.76. The Morgan fingerprint density at radius 3 is 1.05 bits per heavy atom. The molecule has 0 N–H and O–H groups in total. The van der Waals surface area contributed by atoms with Gasteiger partial charge in [0.25, 0.3) is 0 Å². The normalized spacial score (nSPS) is 23.9. The number of rotatable bonds is 6. The number of hydrogen-bond acceptors (Lipinski definition) is 2. The zero-order valence-corrected chi connectivity index (χ0v) is 25.1. The summed E-state index contributed by atoms with van der Waals surface area (Å²) in [5.41, 5.74) is 8.51. The Labute approximate surface area is 239 Å². The van der Waals surface area contributed by atoms with Crippen LogP contribution in [0.4, 0.5) is 0 Å². The van der Waals surface area contributed by atoms with E-state index in [9.17, 15) is 9.59 Å². The smallest absolute Gasteiger partial charge is 0.168 e. The number of aryl methyl sites for hydroxylation is 6. The second-order valence-corrected chi connectivity index (χ2v) is 12.4. The molecule has 0 saturated heterocycles. The largest absolute Gasteiger partial charge is 0.294 e. The summed E-state index contributed by atoms with van der Waals surface area (Å²) in [6.45, 7) is 16.6. The van der Waals surface area contributed by atoms with E-state index in [-0.39, 0.29) is 11.6 Å². The van der Waals surface area contributed by atoms with E-state index in [0.717, 1.165) is 55.6 Å². The number of Topliss-reactive ketones (excluding diaryl/α,β-unsaturated/α-hetero) is 2. The van der Waals surface area contributed by atoms with Crippen molar-refractivity contribution in [3.63, 3.8) is 0 Å². The van der Waals surface area contributed by atoms with E-state index in [1.54, 1.807) is 0 Å². The fourth-order valence-electron chi connectivity index (χ4n) is 8.26. The van der Waals surface area contributed by atoms with Gasteiger partial charge in [-0.15, -0.1) is 0 Å². The Hall–Kier alpha value is -3.78. The molecule has 2 nitrogen and oxygen atoms in total. The SMILES string of the molecule is Cc1cc(C)c(C(=O)C2C(C)(c3ccccc3)C(C(=O)c3c(C)cc(C)cc3C)C2(C)c2ccccc2)c(C)c1. The van der Waals surface area contributed by atoms with E-state index in [1.807, 2.05) is 64.1 Å². The molecule has 0 amide bonds. The highest BCUT2D eigenvalue weighted by Gasteiger charge is 2.72. The lowest BCUT2D eigenvalue weighted by atomic mass is 9.34. The first-order valence-electron chi connectivity index (χ1n) is 14.3. The second kappa shape index (κ2) is 10.0. The number of carbonyl (C=O) groups excluding carboxylic acids is 2. The molecule has 1 aliphatic rings. The van der Waals surface area contributed by atoms with Gasteiger partial charge in [-0.05, 0) is 74.9 Å². The molecule has 204 valence electrons. The molecular weight excluding hydrogens is 488 g/mol. The van der Waals surface area contributed by atoms with Gasteiger partial charge in [0.1, 0.15) is 0 Å². The predicted molar refractivity (Wildman–Crippen MR) is 165 cm³/mol. The third-order valence-electron chi connectivity index (χ3n) is 9.56. The van der Waals surface area contributed by atoms with Gasteiger partial charge in [0.2, 0.25) is 0 Å². The van der Waals surface area contributed by atoms with Crippen LogP contribution in [0.25, 0.3) is 0 Å². The summed E-state index contributed by atoms with van der Waals surface area (Å²) in [6.07, 6.45) is 0. The van der Waals surface area contributed by atoms with Gasteiger partial charge >= 0.3 is 0 Å². The maximum absolute atomic E-state index is 14.9. The maximum atomic E-state index is 14.9. The monoisotopic (exact) mass is 528 g/mol. The molecule has 0 spiro atoms. The molecule has 0 unspecified atom stereocenters. The van der Waals surface area contributed by atoms with Gasteiger partial charge in [-0.1, -0.05) is 110 Å². The molecule has 1 fully saturated rings. The molecule has 0 bridgehead atoms. The molecule has 0 radical (unpaired) electrons. The van der Waals surface area contributed by atoms with Crippen molar-refractivity contribution in [1.82, 2.24) is 0 Å². The van der Waals surface area contributed by atoms with Gasteiger partial charge in [-0.2, -0.15) is 0 Å². The van der Waals surface area contributed by atoms with Crippen LogP contribution in [0.5, 0.6) is 0 Å². The molecule has 1 aliphatic carbocycles. The second-order valence-electron chi connectivity index (χ2n) is 12.4. The molecule has 0 aromatic heterocycles. The van der Waals surface area contributed by atoms with Crippen LogP contribution in [0.3, 0.4) is 0 Å². The van der Waals surface area contributed by atoms with E-state index < -0.39 is 22.7 Å². The zero-order chi connectivity index (χ0) is 29.0. The van der Waals surface area contributed by atoms with Crippen LogP contribution < -0.4 is 0 Å². The summed E-state index contributed by atoms with van der Waals surface area (Å²) in [7, 11) is 0. The van der Waals surface area contributed by atoms with Gasteiger partial charge in [0.15, 0.2) is 11.6 Å². The van der Waals surface area contributed by atoms with Gasteiger partial charge in [0.05, 0.1) is 0 Å². The first-order valence-corrected chi connectivity index (χ1v) is 14.3. The Bertz CT molecular complexity index is 1430. The minimum atomic E-state index is -0.701. The molecule has 40 heavy (non-hydrogen) atoms. The molecule has 4 aromatic rings. The molecule has 0 aliphatic heterocycles. The minimum absolute atomic E-state index is 0.120. The Morgan fingerprint density at radius 1 is 0.500 bits per heavy atom. The molecule has 5 rings (SSSR count). The van der Waals surface area contributed by atoms with Crippen LogP contribution in [0.15, 0.2) is 84.9 Å². The molecule has 4 aromatic carbocycles. The lowest BCUT2D eigenvalue weighted by Crippen LogP contribution is -2.72. The third kappa shape index (κ3) is 4.08. The van der Waals surface area contributed by atoms with Crippen molar-refractivity contribution in [2.75, 3.05) is 0 Å². The van der Waals surface area contributed by atoms with Crippen LogP contribution >= 0.6 is 0 Å². The topological polar surface area (TPSA) is 34.1 Å². The van der Waals surface area contributed by atoms with Crippen molar-refractivity contribution in [2.24, 2.45) is 11.8 Å². The average Bonchev–Trinajstić information content (AvgIpc) is 2.88. The fraction of sp³-hybridized carbons (Fsp3) is 0.316. The fourth-order valence-corrected chi connectivity index (χ4v) is 8.26. The van der Waals surface area contributed by atoms with E-state index in [4.69, 9.17) is 0 Å². The van der Waals surface area contributed by atoms with Crippen molar-refractivity contribution in [3.8, 4) is 0 Å². The third-order valence-corrected chi connectivity index (χ3v) is 9.56. The van der Waals surface area contributed by atoms with Crippen LogP contribution in [-0.2, 0) is 10.8 Å². The van der Waals surface area contributed by atoms with Crippen molar-refractivity contribution in [3.05, 3.63) is 141 Å². The Balaban J connectivity index is 1.81. The van der Waals surface area contributed by atoms with Gasteiger partial charge in [-0.3, -0.25) is 9.59 Å². The van der Waals surface area contributed by atoms with Crippen LogP contribution in [0.2, 0.25) is 0 Å². The van der Waals surface area contributed by atoms with E-state index in [2.05, 4.69) is 76.2 Å². The van der Waals surface area contributed by atoms with Crippen LogP contribution in [0.1, 0.15) is 79.1 Å². The highest BCUT2D eigenvalue weighted by atomic mass is 16.1. The number of hydrogen-bond donors (Lipinski definition) is 0. The van der Waals surface area contributed by atoms with Gasteiger partial charge < -0.3 is 0 Å². The van der Waals surface area contributed by atoms with Gasteiger partial charge in [0, 0.05) is 33.8 Å². The van der Waals surface area contributed by atoms with E-state index in [1.165, 1.54) is 0 Å². The number of carbonyl (C=O) groups is 2. The summed E-state index contributed by atoms with van der Waals surface area (Å²) in [5.74, 6) is -0.613. The first-order chi connectivity index (χ1) is 18.9. The maximum Gasteiger partial charge on any atom is 0.168 e. The summed E-state index contributed by atoms with van der Waals surface area (Å²) < 4.78 is 0. The molecule has 0 heterocycles. The van der Waals surface area contributed by atoms with E-state index in [0.29, 0.717) is 0 Å². The Kier molecular flexibility index (Phi) is 6.94. The molecule has 2 heteroatoms. The average molecular weight is 529 g/mol. The number of benzene rings is 4. The summed E-state index contributed by atoms with van der Waals surface area (Å²) in [4.78, 5) is 29.9. The van der Waals surface area contributed by atoms with Crippen LogP contribution in [0, 0.1) is 53.4 Å². The lowest BCUT2D eigenvalue weighted by molar-refractivity contribution is -0.0336. The summed E-state index contributed by atoms with van der Waals surface area (Å²) >= 11 is 0. The lowest BCUT2D eigenvalue weighted by Gasteiger charge is -2.66. The van der Waals surface area contributed by atoms with Gasteiger partial charge in [-0.25, -0.2) is 0 Å². The number of ketones is 2. The minimum Gasteiger partial charge on any atom is -0.294 e. The summed E-state index contributed by atoms with van der Waals surface area (Å²) in [6, 6.07) is 28.8. The highest BCUT2D eigenvalue weighted by Crippen LogP contribution is 2.67. The molecule has 1 saturated carbocycles. The first kappa shape index (κ1) is 27.8. The highest BCUT2D eigenvalue weighted by molar-refractivity contribution is 6.09. The van der Waals surface area contributed by atoms with Crippen LogP contribution in [-0.4, -0.2) is 11.6 Å². The van der Waals surface area contributed by atoms with Crippen molar-refractivity contribution >= 4 is 11.6 Å². The molecule has 0 atom stereocenters. The van der Waals surface area contributed by atoms with Crippen molar-refractivity contribution in [2.45, 2.75) is 66.2 Å². The summed E-state index contributed by atoms with van der Waals surface area (Å²) in [5, 5.41) is 0. The van der Waals surface area contributed by atoms with E-state index >= 15 is 0 Å².